The van der Waals surface area contributed by atoms with Crippen molar-refractivity contribution in [2.45, 2.75) is 26.3 Å². The van der Waals surface area contributed by atoms with Crippen molar-refractivity contribution in [1.29, 1.82) is 0 Å². The quantitative estimate of drug-likeness (QED) is 0.845. The molecule has 0 saturated carbocycles. The Labute approximate surface area is 130 Å². The molecule has 0 radical (unpaired) electrons. The van der Waals surface area contributed by atoms with Gasteiger partial charge in [0.05, 0.1) is 24.3 Å². The highest BCUT2D eigenvalue weighted by atomic mass is 16.2. The van der Waals surface area contributed by atoms with Crippen LogP contribution >= 0.6 is 0 Å². The normalized spacial score (nSPS) is 14.5. The molecule has 0 spiro atoms. The number of hydrogen-bond acceptors (Lipinski definition) is 4. The summed E-state index contributed by atoms with van der Waals surface area (Å²) in [6.45, 7) is 5.90. The minimum Gasteiger partial charge on any atom is -0.350 e. The van der Waals surface area contributed by atoms with Crippen molar-refractivity contribution in [3.8, 4) is 0 Å². The molecule has 0 aliphatic carbocycles. The van der Waals surface area contributed by atoms with Crippen LogP contribution in [0.25, 0.3) is 0 Å². The number of imide groups is 1. The average Bonchev–Trinajstić information content (AvgIpc) is 2.62. The fourth-order valence-corrected chi connectivity index (χ4v) is 2.36. The molecule has 0 bridgehead atoms. The monoisotopic (exact) mass is 303 g/mol. The van der Waals surface area contributed by atoms with Gasteiger partial charge in [-0.3, -0.25) is 24.2 Å². The van der Waals surface area contributed by atoms with E-state index in [1.54, 1.807) is 36.2 Å². The highest BCUT2D eigenvalue weighted by Crippen LogP contribution is 2.22. The summed E-state index contributed by atoms with van der Waals surface area (Å²) in [6, 6.07) is 6.74. The molecule has 0 aromatic heterocycles. The molecule has 0 fully saturated rings. The van der Waals surface area contributed by atoms with Crippen LogP contribution in [0.15, 0.2) is 24.3 Å². The maximum Gasteiger partial charge on any atom is 0.262 e. The second-order valence-electron chi connectivity index (χ2n) is 6.54. The van der Waals surface area contributed by atoms with E-state index in [0.717, 1.165) is 4.90 Å². The number of hydrogen-bond donors (Lipinski definition) is 1. The molecule has 6 nitrogen and oxygen atoms in total. The van der Waals surface area contributed by atoms with E-state index in [0.29, 0.717) is 11.1 Å². The predicted molar refractivity (Wildman–Crippen MR) is 82.3 cm³/mol. The molecule has 1 N–H and O–H groups in total. The summed E-state index contributed by atoms with van der Waals surface area (Å²) >= 11 is 0. The average molecular weight is 303 g/mol. The van der Waals surface area contributed by atoms with Crippen LogP contribution < -0.4 is 5.32 Å². The van der Waals surface area contributed by atoms with Crippen molar-refractivity contribution in [3.63, 3.8) is 0 Å². The number of benzene rings is 1. The zero-order valence-corrected chi connectivity index (χ0v) is 13.3. The molecular weight excluding hydrogens is 282 g/mol. The minimum atomic E-state index is -0.316. The minimum absolute atomic E-state index is 0.0872. The zero-order chi connectivity index (χ0) is 16.5. The summed E-state index contributed by atoms with van der Waals surface area (Å²) in [4.78, 5) is 39.2. The molecule has 1 aromatic rings. The standard InChI is InChI=1S/C16H21N3O3/c1-16(2,3)17-13(20)9-18(4)10-19-14(21)11-7-5-6-8-12(11)15(19)22/h5-8H,9-10H2,1-4H3,(H,17,20). The number of nitrogens with zero attached hydrogens (tertiary/aromatic N) is 2. The van der Waals surface area contributed by atoms with Crippen LogP contribution in [-0.4, -0.2) is 53.3 Å². The molecule has 0 saturated heterocycles. The van der Waals surface area contributed by atoms with Crippen LogP contribution in [0.1, 0.15) is 41.5 Å². The second-order valence-corrected chi connectivity index (χ2v) is 6.54. The lowest BCUT2D eigenvalue weighted by Gasteiger charge is -2.25. The summed E-state index contributed by atoms with van der Waals surface area (Å²) in [5, 5.41) is 2.85. The van der Waals surface area contributed by atoms with Gasteiger partial charge in [0, 0.05) is 5.54 Å². The highest BCUT2D eigenvalue weighted by molar-refractivity contribution is 6.21. The lowest BCUT2D eigenvalue weighted by molar-refractivity contribution is -0.123. The van der Waals surface area contributed by atoms with Crippen LogP contribution in [0, 0.1) is 0 Å². The third kappa shape index (κ3) is 3.51. The van der Waals surface area contributed by atoms with Gasteiger partial charge in [0.1, 0.15) is 0 Å². The molecule has 1 aliphatic rings. The van der Waals surface area contributed by atoms with Gasteiger partial charge in [0.25, 0.3) is 11.8 Å². The first-order valence-electron chi connectivity index (χ1n) is 7.14. The van der Waals surface area contributed by atoms with E-state index < -0.39 is 0 Å². The molecule has 1 heterocycles. The van der Waals surface area contributed by atoms with Crippen LogP contribution in [0.2, 0.25) is 0 Å². The van der Waals surface area contributed by atoms with Crippen LogP contribution in [0.4, 0.5) is 0 Å². The Hall–Kier alpha value is -2.21. The number of likely N-dealkylation sites (N-methyl/N-ethyl adjacent to an activating group) is 1. The van der Waals surface area contributed by atoms with Gasteiger partial charge in [-0.2, -0.15) is 0 Å². The number of nitrogens with one attached hydrogen (secondary N) is 1. The fourth-order valence-electron chi connectivity index (χ4n) is 2.36. The van der Waals surface area contributed by atoms with Crippen LogP contribution in [-0.2, 0) is 4.79 Å². The van der Waals surface area contributed by atoms with E-state index in [4.69, 9.17) is 0 Å². The van der Waals surface area contributed by atoms with Crippen molar-refractivity contribution >= 4 is 17.7 Å². The van der Waals surface area contributed by atoms with Gasteiger partial charge in [-0.15, -0.1) is 0 Å². The SMILES string of the molecule is CN(CC(=O)NC(C)(C)C)CN1C(=O)c2ccccc2C1=O. The van der Waals surface area contributed by atoms with E-state index >= 15 is 0 Å². The molecule has 0 atom stereocenters. The zero-order valence-electron chi connectivity index (χ0n) is 13.3. The Kier molecular flexibility index (Phi) is 4.32. The summed E-state index contributed by atoms with van der Waals surface area (Å²) in [6.07, 6.45) is 0. The van der Waals surface area contributed by atoms with Gasteiger partial charge in [0.2, 0.25) is 5.91 Å². The van der Waals surface area contributed by atoms with Gasteiger partial charge in [-0.25, -0.2) is 0 Å². The molecule has 2 rings (SSSR count). The summed E-state index contributed by atoms with van der Waals surface area (Å²) in [5.41, 5.74) is 0.521. The number of fused-ring (bicyclic) bond motifs is 1. The van der Waals surface area contributed by atoms with Gasteiger partial charge >= 0.3 is 0 Å². The Morgan fingerprint density at radius 3 is 2.09 bits per heavy atom. The van der Waals surface area contributed by atoms with E-state index in [-0.39, 0.29) is 36.5 Å². The Balaban J connectivity index is 1.99. The maximum absolute atomic E-state index is 12.2. The largest absolute Gasteiger partial charge is 0.350 e. The van der Waals surface area contributed by atoms with E-state index in [1.165, 1.54) is 0 Å². The first-order chi connectivity index (χ1) is 10.2. The van der Waals surface area contributed by atoms with Crippen molar-refractivity contribution in [2.24, 2.45) is 0 Å². The lowest BCUT2D eigenvalue weighted by Crippen LogP contribution is -2.48. The molecule has 0 unspecified atom stereocenters. The van der Waals surface area contributed by atoms with E-state index in [1.807, 2.05) is 20.8 Å². The molecular formula is C16H21N3O3. The van der Waals surface area contributed by atoms with Gasteiger partial charge in [-0.1, -0.05) is 12.1 Å². The molecule has 3 amide bonds. The molecule has 6 heteroatoms. The number of amides is 3. The van der Waals surface area contributed by atoms with E-state index in [9.17, 15) is 14.4 Å². The van der Waals surface area contributed by atoms with Gasteiger partial charge < -0.3 is 5.32 Å². The Bertz CT molecular complexity index is 584. The third-order valence-corrected chi connectivity index (χ3v) is 3.19. The lowest BCUT2D eigenvalue weighted by atomic mass is 10.1. The first kappa shape index (κ1) is 16.2. The summed E-state index contributed by atoms with van der Waals surface area (Å²) in [5.74, 6) is -0.779. The second kappa shape index (κ2) is 5.88. The predicted octanol–water partition coefficient (Wildman–Crippen LogP) is 1.09. The van der Waals surface area contributed by atoms with Gasteiger partial charge in [0.15, 0.2) is 0 Å². The first-order valence-corrected chi connectivity index (χ1v) is 7.14. The maximum atomic E-state index is 12.2. The topological polar surface area (TPSA) is 69.7 Å². The Morgan fingerprint density at radius 2 is 1.64 bits per heavy atom. The number of carbonyl (C=O) groups excluding carboxylic acids is 3. The third-order valence-electron chi connectivity index (χ3n) is 3.19. The summed E-state index contributed by atoms with van der Waals surface area (Å²) in [7, 11) is 1.70. The molecule has 22 heavy (non-hydrogen) atoms. The molecule has 1 aliphatic heterocycles. The van der Waals surface area contributed by atoms with Crippen molar-refractivity contribution in [1.82, 2.24) is 15.1 Å². The van der Waals surface area contributed by atoms with Crippen molar-refractivity contribution < 1.29 is 14.4 Å². The van der Waals surface area contributed by atoms with Crippen molar-refractivity contribution in [3.05, 3.63) is 35.4 Å². The molecule has 1 aromatic carbocycles. The molecule has 118 valence electrons. The van der Waals surface area contributed by atoms with Crippen LogP contribution in [0.3, 0.4) is 0 Å². The highest BCUT2D eigenvalue weighted by Gasteiger charge is 2.35. The summed E-state index contributed by atoms with van der Waals surface area (Å²) < 4.78 is 0. The van der Waals surface area contributed by atoms with Crippen LogP contribution in [0.5, 0.6) is 0 Å². The van der Waals surface area contributed by atoms with Gasteiger partial charge in [-0.05, 0) is 40.0 Å². The van der Waals surface area contributed by atoms with E-state index in [2.05, 4.69) is 5.32 Å². The number of rotatable bonds is 4. The fraction of sp³-hybridized carbons (Fsp3) is 0.438. The Morgan fingerprint density at radius 1 is 1.14 bits per heavy atom. The number of carbonyl (C=O) groups is 3. The smallest absolute Gasteiger partial charge is 0.262 e. The van der Waals surface area contributed by atoms with Crippen molar-refractivity contribution in [2.75, 3.05) is 20.3 Å².